The number of anilines is 1. The van der Waals surface area contributed by atoms with Gasteiger partial charge in [-0.15, -0.1) is 0 Å². The largest absolute Gasteiger partial charge is 0.454 e. The molecule has 3 aromatic heterocycles. The van der Waals surface area contributed by atoms with E-state index in [0.717, 1.165) is 57.3 Å². The zero-order valence-corrected chi connectivity index (χ0v) is 17.8. The highest BCUT2D eigenvalue weighted by atomic mass is 16.3. The maximum absolute atomic E-state index is 6.02. The first-order valence-corrected chi connectivity index (χ1v) is 11.2. The second kappa shape index (κ2) is 7.14. The van der Waals surface area contributed by atoms with Crippen LogP contribution in [0.2, 0.25) is 0 Å². The van der Waals surface area contributed by atoms with Crippen molar-refractivity contribution in [1.29, 1.82) is 0 Å². The maximum atomic E-state index is 6.02. The van der Waals surface area contributed by atoms with Crippen LogP contribution in [-0.4, -0.2) is 28.0 Å². The SMILES string of the molecule is c1cc(-c2cnc3ccccc3n2)cc(C2CN(c3ccc4c(c3)oc3cnccc34)C2)c1. The maximum Gasteiger partial charge on any atom is 0.153 e. The Bertz CT molecular complexity index is 1650. The highest BCUT2D eigenvalue weighted by Gasteiger charge is 2.29. The molecule has 5 heteroatoms. The highest BCUT2D eigenvalue weighted by molar-refractivity contribution is 6.05. The summed E-state index contributed by atoms with van der Waals surface area (Å²) >= 11 is 0. The molecule has 0 atom stereocenters. The molecule has 33 heavy (non-hydrogen) atoms. The normalized spacial score (nSPS) is 14.2. The second-order valence-corrected chi connectivity index (χ2v) is 8.63. The minimum atomic E-state index is 0.494. The van der Waals surface area contributed by atoms with Gasteiger partial charge in [0.05, 0.1) is 29.1 Å². The van der Waals surface area contributed by atoms with Crippen LogP contribution in [0.25, 0.3) is 44.2 Å². The third kappa shape index (κ3) is 3.04. The van der Waals surface area contributed by atoms with Crippen molar-refractivity contribution in [2.45, 2.75) is 5.92 Å². The molecule has 5 nitrogen and oxygen atoms in total. The molecule has 1 aliphatic rings. The third-order valence-corrected chi connectivity index (χ3v) is 6.61. The number of hydrogen-bond acceptors (Lipinski definition) is 5. The van der Waals surface area contributed by atoms with Gasteiger partial charge < -0.3 is 9.32 Å². The molecule has 158 valence electrons. The Morgan fingerprint density at radius 1 is 0.788 bits per heavy atom. The van der Waals surface area contributed by atoms with Crippen LogP contribution in [0, 0.1) is 0 Å². The van der Waals surface area contributed by atoms with Crippen molar-refractivity contribution in [2.75, 3.05) is 18.0 Å². The number of hydrogen-bond donors (Lipinski definition) is 0. The molecule has 1 saturated heterocycles. The van der Waals surface area contributed by atoms with Gasteiger partial charge >= 0.3 is 0 Å². The van der Waals surface area contributed by atoms with Crippen LogP contribution in [0.1, 0.15) is 11.5 Å². The molecule has 6 aromatic rings. The van der Waals surface area contributed by atoms with Crippen LogP contribution < -0.4 is 4.90 Å². The average molecular weight is 428 g/mol. The van der Waals surface area contributed by atoms with Gasteiger partial charge in [0.15, 0.2) is 5.58 Å². The van der Waals surface area contributed by atoms with Gasteiger partial charge in [0.1, 0.15) is 5.58 Å². The van der Waals surface area contributed by atoms with Gasteiger partial charge in [0.25, 0.3) is 0 Å². The Labute approximate surface area is 190 Å². The van der Waals surface area contributed by atoms with Crippen LogP contribution in [0.4, 0.5) is 5.69 Å². The minimum Gasteiger partial charge on any atom is -0.454 e. The summed E-state index contributed by atoms with van der Waals surface area (Å²) in [4.78, 5) is 16.0. The Morgan fingerprint density at radius 2 is 1.67 bits per heavy atom. The van der Waals surface area contributed by atoms with Gasteiger partial charge in [-0.1, -0.05) is 30.3 Å². The lowest BCUT2D eigenvalue weighted by Gasteiger charge is -2.41. The van der Waals surface area contributed by atoms with Gasteiger partial charge in [-0.05, 0) is 42.0 Å². The van der Waals surface area contributed by atoms with E-state index in [1.165, 1.54) is 11.3 Å². The zero-order chi connectivity index (χ0) is 21.8. The van der Waals surface area contributed by atoms with E-state index in [1.54, 1.807) is 6.20 Å². The van der Waals surface area contributed by atoms with E-state index in [9.17, 15) is 0 Å². The Hall–Kier alpha value is -4.25. The monoisotopic (exact) mass is 428 g/mol. The molecule has 0 unspecified atom stereocenters. The number of pyridine rings is 1. The molecule has 0 amide bonds. The molecule has 0 radical (unpaired) electrons. The van der Waals surface area contributed by atoms with Crippen molar-refractivity contribution >= 4 is 38.7 Å². The Morgan fingerprint density at radius 3 is 2.61 bits per heavy atom. The summed E-state index contributed by atoms with van der Waals surface area (Å²) in [7, 11) is 0. The Kier molecular flexibility index (Phi) is 3.96. The predicted molar refractivity (Wildman–Crippen MR) is 131 cm³/mol. The van der Waals surface area contributed by atoms with Crippen LogP contribution in [-0.2, 0) is 0 Å². The molecule has 0 aliphatic carbocycles. The fourth-order valence-electron chi connectivity index (χ4n) is 4.77. The number of benzene rings is 3. The molecular weight excluding hydrogens is 408 g/mol. The van der Waals surface area contributed by atoms with Crippen molar-refractivity contribution in [2.24, 2.45) is 0 Å². The lowest BCUT2D eigenvalue weighted by atomic mass is 9.89. The summed E-state index contributed by atoms with van der Waals surface area (Å²) in [6, 6.07) is 25.2. The van der Waals surface area contributed by atoms with Gasteiger partial charge in [-0.3, -0.25) is 9.97 Å². The Balaban J connectivity index is 1.13. The van der Waals surface area contributed by atoms with E-state index in [2.05, 4.69) is 57.3 Å². The minimum absolute atomic E-state index is 0.494. The lowest BCUT2D eigenvalue weighted by molar-refractivity contribution is 0.525. The van der Waals surface area contributed by atoms with Crippen molar-refractivity contribution in [3.05, 3.63) is 97.0 Å². The van der Waals surface area contributed by atoms with E-state index >= 15 is 0 Å². The van der Waals surface area contributed by atoms with Gasteiger partial charge in [-0.2, -0.15) is 0 Å². The molecular formula is C28H20N4O. The lowest BCUT2D eigenvalue weighted by Crippen LogP contribution is -2.45. The van der Waals surface area contributed by atoms with E-state index in [-0.39, 0.29) is 0 Å². The summed E-state index contributed by atoms with van der Waals surface area (Å²) in [6.45, 7) is 1.97. The first kappa shape index (κ1) is 18.3. The van der Waals surface area contributed by atoms with Crippen molar-refractivity contribution in [1.82, 2.24) is 15.0 Å². The molecule has 3 aromatic carbocycles. The highest BCUT2D eigenvalue weighted by Crippen LogP contribution is 2.36. The number of para-hydroxylation sites is 2. The van der Waals surface area contributed by atoms with Crippen LogP contribution in [0.5, 0.6) is 0 Å². The first-order chi connectivity index (χ1) is 16.3. The summed E-state index contributed by atoms with van der Waals surface area (Å²) in [6.07, 6.45) is 5.46. The smallest absolute Gasteiger partial charge is 0.153 e. The van der Waals surface area contributed by atoms with E-state index in [4.69, 9.17) is 9.40 Å². The van der Waals surface area contributed by atoms with Crippen LogP contribution >= 0.6 is 0 Å². The van der Waals surface area contributed by atoms with Crippen molar-refractivity contribution in [3.8, 4) is 11.3 Å². The first-order valence-electron chi connectivity index (χ1n) is 11.2. The fraction of sp³-hybridized carbons (Fsp3) is 0.107. The average Bonchev–Trinajstić information content (AvgIpc) is 3.21. The van der Waals surface area contributed by atoms with Gasteiger partial charge in [-0.25, -0.2) is 4.98 Å². The summed E-state index contributed by atoms with van der Waals surface area (Å²) in [5.41, 5.74) is 8.15. The number of rotatable bonds is 3. The zero-order valence-electron chi connectivity index (χ0n) is 17.8. The molecule has 0 saturated carbocycles. The summed E-state index contributed by atoms with van der Waals surface area (Å²) in [5.74, 6) is 0.494. The molecule has 7 rings (SSSR count). The topological polar surface area (TPSA) is 55.1 Å². The number of nitrogens with zero attached hydrogens (tertiary/aromatic N) is 4. The molecule has 1 aliphatic heterocycles. The molecule has 1 fully saturated rings. The summed E-state index contributed by atoms with van der Waals surface area (Å²) in [5, 5.41) is 2.25. The van der Waals surface area contributed by atoms with E-state index in [0.29, 0.717) is 5.92 Å². The fourth-order valence-corrected chi connectivity index (χ4v) is 4.77. The number of furan rings is 1. The predicted octanol–water partition coefficient (Wildman–Crippen LogP) is 6.20. The molecule has 0 N–H and O–H groups in total. The summed E-state index contributed by atoms with van der Waals surface area (Å²) < 4.78 is 6.02. The number of fused-ring (bicyclic) bond motifs is 4. The molecule has 0 spiro atoms. The quantitative estimate of drug-likeness (QED) is 0.336. The van der Waals surface area contributed by atoms with Gasteiger partial charge in [0, 0.05) is 53.3 Å². The van der Waals surface area contributed by atoms with Crippen molar-refractivity contribution in [3.63, 3.8) is 0 Å². The van der Waals surface area contributed by atoms with E-state index < -0.39 is 0 Å². The van der Waals surface area contributed by atoms with Crippen molar-refractivity contribution < 1.29 is 4.42 Å². The van der Waals surface area contributed by atoms with Crippen LogP contribution in [0.3, 0.4) is 0 Å². The third-order valence-electron chi connectivity index (χ3n) is 6.61. The number of aromatic nitrogens is 3. The second-order valence-electron chi connectivity index (χ2n) is 8.63. The molecule has 4 heterocycles. The standard InChI is InChI=1S/C28H20N4O/c1-2-7-25-24(6-1)30-14-26(31-25)19-5-3-4-18(12-19)20-16-32(17-20)21-8-9-22-23-10-11-29-15-28(23)33-27(22)13-21/h1-15,20H,16-17H2. The van der Waals surface area contributed by atoms with Gasteiger partial charge in [0.2, 0.25) is 0 Å². The molecule has 0 bridgehead atoms. The van der Waals surface area contributed by atoms with Crippen LogP contribution in [0.15, 0.2) is 95.8 Å². The van der Waals surface area contributed by atoms with E-state index in [1.807, 2.05) is 42.7 Å².